The number of aryl methyl sites for hydroxylation is 1. The molecule has 0 unspecified atom stereocenters. The lowest BCUT2D eigenvalue weighted by Crippen LogP contribution is -2.11. The largest absolute Gasteiger partial charge is 0.366 e. The molecule has 3 nitrogen and oxygen atoms in total. The average Bonchev–Trinajstić information content (AvgIpc) is 2.90. The van der Waals surface area contributed by atoms with Gasteiger partial charge in [-0.15, -0.1) is 0 Å². The highest BCUT2D eigenvalue weighted by atomic mass is 19.1. The molecular weight excluding hydrogens is 315 g/mol. The lowest BCUT2D eigenvalue weighted by Gasteiger charge is -2.10. The van der Waals surface area contributed by atoms with Gasteiger partial charge < -0.3 is 10.3 Å². The van der Waals surface area contributed by atoms with Crippen molar-refractivity contribution in [3.8, 4) is 0 Å². The Morgan fingerprint density at radius 1 is 1.08 bits per heavy atom. The molecule has 123 valence electrons. The molecule has 0 aliphatic rings. The maximum Gasteiger partial charge on any atom is 0.249 e. The first-order valence-corrected chi connectivity index (χ1v) is 8.03. The number of hydrogen-bond acceptors (Lipinski definition) is 1. The van der Waals surface area contributed by atoms with Gasteiger partial charge in [0.1, 0.15) is 5.82 Å². The fourth-order valence-electron chi connectivity index (χ4n) is 3.37. The summed E-state index contributed by atoms with van der Waals surface area (Å²) in [4.78, 5) is 11.9. The number of benzene rings is 3. The van der Waals surface area contributed by atoms with E-state index >= 15 is 0 Å². The molecule has 0 saturated carbocycles. The number of carbonyl (C=O) groups is 1. The van der Waals surface area contributed by atoms with Crippen molar-refractivity contribution in [2.75, 3.05) is 0 Å². The van der Waals surface area contributed by atoms with E-state index in [-0.39, 0.29) is 0 Å². The fourth-order valence-corrected chi connectivity index (χ4v) is 3.37. The lowest BCUT2D eigenvalue weighted by molar-refractivity contribution is 0.100. The highest BCUT2D eigenvalue weighted by molar-refractivity contribution is 6.17. The fraction of sp³-hybridized carbons (Fsp3) is 0.0952. The van der Waals surface area contributed by atoms with Gasteiger partial charge in [0.15, 0.2) is 0 Å². The van der Waals surface area contributed by atoms with Gasteiger partial charge in [0.25, 0.3) is 0 Å². The van der Waals surface area contributed by atoms with Crippen LogP contribution in [0.15, 0.2) is 54.6 Å². The Morgan fingerprint density at radius 2 is 1.88 bits per heavy atom. The van der Waals surface area contributed by atoms with Crippen molar-refractivity contribution in [3.63, 3.8) is 0 Å². The van der Waals surface area contributed by atoms with E-state index in [0.717, 1.165) is 16.6 Å². The van der Waals surface area contributed by atoms with Crippen LogP contribution in [0.4, 0.5) is 4.39 Å². The summed E-state index contributed by atoms with van der Waals surface area (Å²) >= 11 is 0. The first-order valence-electron chi connectivity index (χ1n) is 8.03. The maximum absolute atomic E-state index is 13.8. The molecule has 0 aliphatic heterocycles. The second-order valence-electron chi connectivity index (χ2n) is 6.14. The number of carbonyl (C=O) groups excluding carboxylic acids is 1. The Labute approximate surface area is 144 Å². The number of fused-ring (bicyclic) bond motifs is 3. The van der Waals surface area contributed by atoms with Crippen LogP contribution in [0, 0.1) is 18.8 Å². The molecule has 4 heteroatoms. The predicted molar refractivity (Wildman–Crippen MR) is 97.0 cm³/mol. The summed E-state index contributed by atoms with van der Waals surface area (Å²) in [6, 6.07) is 19.4. The number of halogens is 1. The van der Waals surface area contributed by atoms with E-state index < -0.39 is 11.7 Å². The maximum atomic E-state index is 13.8. The highest BCUT2D eigenvalue weighted by Gasteiger charge is 2.17. The quantitative estimate of drug-likeness (QED) is 0.601. The van der Waals surface area contributed by atoms with Crippen molar-refractivity contribution in [1.29, 1.82) is 0 Å². The molecule has 3 aromatic carbocycles. The molecule has 4 rings (SSSR count). The molecule has 0 fully saturated rings. The van der Waals surface area contributed by atoms with E-state index in [1.54, 1.807) is 18.2 Å². The number of amides is 1. The number of rotatable bonds is 3. The zero-order valence-corrected chi connectivity index (χ0v) is 13.7. The van der Waals surface area contributed by atoms with Crippen LogP contribution in [-0.4, -0.2) is 10.5 Å². The van der Waals surface area contributed by atoms with Crippen molar-refractivity contribution in [2.45, 2.75) is 13.5 Å². The third kappa shape index (κ3) is 2.47. The van der Waals surface area contributed by atoms with Gasteiger partial charge >= 0.3 is 0 Å². The van der Waals surface area contributed by atoms with E-state index in [1.807, 2.05) is 18.2 Å². The summed E-state index contributed by atoms with van der Waals surface area (Å²) in [6.45, 7) is 2.68. The minimum Gasteiger partial charge on any atom is -0.366 e. The molecule has 2 N–H and O–H groups in total. The minimum absolute atomic E-state index is 0.382. The Balaban J connectivity index is 2.08. The van der Waals surface area contributed by atoms with E-state index in [2.05, 4.69) is 29.7 Å². The van der Waals surface area contributed by atoms with Crippen LogP contribution >= 0.6 is 0 Å². The first-order chi connectivity index (χ1) is 12.1. The first kappa shape index (κ1) is 15.4. The Morgan fingerprint density at radius 3 is 2.64 bits per heavy atom. The molecule has 25 heavy (non-hydrogen) atoms. The van der Waals surface area contributed by atoms with Crippen LogP contribution in [0.1, 0.15) is 21.5 Å². The summed E-state index contributed by atoms with van der Waals surface area (Å²) < 4.78 is 15.9. The summed E-state index contributed by atoms with van der Waals surface area (Å²) in [6.07, 6.45) is 0. The molecule has 0 spiro atoms. The van der Waals surface area contributed by atoms with Crippen LogP contribution in [0.25, 0.3) is 21.8 Å². The highest BCUT2D eigenvalue weighted by Crippen LogP contribution is 2.32. The Hall–Kier alpha value is -3.14. The smallest absolute Gasteiger partial charge is 0.249 e. The van der Waals surface area contributed by atoms with Crippen molar-refractivity contribution in [1.82, 2.24) is 4.57 Å². The second kappa shape index (κ2) is 5.74. The lowest BCUT2D eigenvalue weighted by atomic mass is 10.1. The molecule has 0 bridgehead atoms. The molecule has 1 amide bonds. The van der Waals surface area contributed by atoms with Gasteiger partial charge in [0.05, 0.1) is 11.0 Å². The van der Waals surface area contributed by atoms with Crippen LogP contribution < -0.4 is 5.73 Å². The zero-order chi connectivity index (χ0) is 17.6. The molecule has 1 radical (unpaired) electrons. The number of nitrogens with two attached hydrogens (primary N) is 1. The number of primary amides is 1. The third-order valence-corrected chi connectivity index (χ3v) is 4.62. The van der Waals surface area contributed by atoms with Gasteiger partial charge in [-0.2, -0.15) is 0 Å². The molecular formula is C21H16FN2O. The van der Waals surface area contributed by atoms with E-state index in [1.165, 1.54) is 11.6 Å². The Kier molecular flexibility index (Phi) is 3.53. The van der Waals surface area contributed by atoms with E-state index in [9.17, 15) is 9.18 Å². The molecule has 1 heterocycles. The average molecular weight is 331 g/mol. The molecule has 0 aliphatic carbocycles. The number of nitrogens with zero attached hydrogens (tertiary/aromatic N) is 1. The summed E-state index contributed by atoms with van der Waals surface area (Å²) in [5.41, 5.74) is 9.93. The Bertz CT molecular complexity index is 1130. The van der Waals surface area contributed by atoms with Gasteiger partial charge in [0, 0.05) is 28.9 Å². The van der Waals surface area contributed by atoms with Gasteiger partial charge in [0.2, 0.25) is 5.91 Å². The molecule has 4 aromatic rings. The van der Waals surface area contributed by atoms with Gasteiger partial charge in [-0.05, 0) is 42.3 Å². The molecule has 1 aromatic heterocycles. The van der Waals surface area contributed by atoms with Gasteiger partial charge in [-0.1, -0.05) is 30.3 Å². The van der Waals surface area contributed by atoms with Gasteiger partial charge in [-0.3, -0.25) is 4.79 Å². The van der Waals surface area contributed by atoms with Crippen molar-refractivity contribution >= 4 is 27.7 Å². The zero-order valence-electron chi connectivity index (χ0n) is 13.7. The monoisotopic (exact) mass is 331 g/mol. The predicted octanol–water partition coefficient (Wildman–Crippen LogP) is 4.19. The van der Waals surface area contributed by atoms with Gasteiger partial charge in [-0.25, -0.2) is 4.39 Å². The van der Waals surface area contributed by atoms with Crippen molar-refractivity contribution < 1.29 is 9.18 Å². The van der Waals surface area contributed by atoms with Crippen LogP contribution in [0.5, 0.6) is 0 Å². The normalized spacial score (nSPS) is 11.3. The van der Waals surface area contributed by atoms with Crippen molar-refractivity contribution in [2.24, 2.45) is 5.73 Å². The standard InChI is InChI=1S/C21H16FN2O/c1-13-5-2-3-6-14(13)12-24-18-10-9-15(22)11-17(18)20-16(21(23)25)7-4-8-19(20)24/h2-10H,12H2,1H3,(H2,23,25). The molecule has 0 atom stereocenters. The van der Waals surface area contributed by atoms with Crippen LogP contribution in [0.3, 0.4) is 0 Å². The summed E-state index contributed by atoms with van der Waals surface area (Å²) in [5.74, 6) is -0.986. The number of hydrogen-bond donors (Lipinski definition) is 1. The second-order valence-corrected chi connectivity index (χ2v) is 6.14. The van der Waals surface area contributed by atoms with E-state index in [4.69, 9.17) is 5.73 Å². The van der Waals surface area contributed by atoms with E-state index in [0.29, 0.717) is 22.9 Å². The molecule has 0 saturated heterocycles. The van der Waals surface area contributed by atoms with Crippen LogP contribution in [-0.2, 0) is 6.54 Å². The SMILES string of the molecule is Cc1ccccc1Cn1c2ccc(F)[c]c2c2c(C(N)=O)cccc21. The minimum atomic E-state index is -0.529. The van der Waals surface area contributed by atoms with Crippen LogP contribution in [0.2, 0.25) is 0 Å². The topological polar surface area (TPSA) is 48.0 Å². The third-order valence-electron chi connectivity index (χ3n) is 4.62. The van der Waals surface area contributed by atoms with Crippen molar-refractivity contribution in [3.05, 3.63) is 83.2 Å². The summed E-state index contributed by atoms with van der Waals surface area (Å²) in [7, 11) is 0. The summed E-state index contributed by atoms with van der Waals surface area (Å²) in [5, 5.41) is 1.23. The number of aromatic nitrogens is 1.